The monoisotopic (exact) mass is 353 g/mol. The lowest BCUT2D eigenvalue weighted by molar-refractivity contribution is -0.115. The number of nitrogens with one attached hydrogen (secondary N) is 1. The molecule has 1 N–H and O–H groups in total. The molecule has 1 heterocycles. The van der Waals surface area contributed by atoms with Crippen LogP contribution in [0.3, 0.4) is 0 Å². The molecular formula is C20H23N3O3. The van der Waals surface area contributed by atoms with Gasteiger partial charge in [0.15, 0.2) is 5.43 Å². The second-order valence-corrected chi connectivity index (χ2v) is 6.54. The Kier molecular flexibility index (Phi) is 4.95. The molecule has 6 nitrogen and oxygen atoms in total. The summed E-state index contributed by atoms with van der Waals surface area (Å²) in [6.45, 7) is 2.23. The number of ether oxygens (including phenoxy) is 1. The summed E-state index contributed by atoms with van der Waals surface area (Å²) in [5.74, 6) is 0.479. The lowest BCUT2D eigenvalue weighted by atomic mass is 10.0. The highest BCUT2D eigenvalue weighted by Crippen LogP contribution is 2.28. The van der Waals surface area contributed by atoms with Gasteiger partial charge in [-0.2, -0.15) is 0 Å². The number of rotatable bonds is 5. The Hall–Kier alpha value is -2.86. The van der Waals surface area contributed by atoms with Crippen LogP contribution >= 0.6 is 0 Å². The average Bonchev–Trinajstić information content (AvgIpc) is 2.62. The van der Waals surface area contributed by atoms with Crippen LogP contribution in [0.4, 0.5) is 0 Å². The van der Waals surface area contributed by atoms with E-state index in [0.717, 1.165) is 12.1 Å². The molecular weight excluding hydrogens is 330 g/mol. The molecule has 26 heavy (non-hydrogen) atoms. The summed E-state index contributed by atoms with van der Waals surface area (Å²) in [4.78, 5) is 27.1. The highest BCUT2D eigenvalue weighted by molar-refractivity contribution is 5.98. The quantitative estimate of drug-likeness (QED) is 0.715. The highest BCUT2D eigenvalue weighted by atomic mass is 16.5. The first-order chi connectivity index (χ1) is 12.4. The summed E-state index contributed by atoms with van der Waals surface area (Å²) in [6.07, 6.45) is 0.668. The number of carbonyl (C=O) groups excluding carboxylic acids is 1. The number of pyridine rings is 1. The zero-order valence-corrected chi connectivity index (χ0v) is 15.5. The molecule has 0 spiro atoms. The summed E-state index contributed by atoms with van der Waals surface area (Å²) >= 11 is 0. The van der Waals surface area contributed by atoms with Crippen molar-refractivity contribution in [3.63, 3.8) is 0 Å². The Morgan fingerprint density at radius 3 is 2.54 bits per heavy atom. The third kappa shape index (κ3) is 3.15. The predicted octanol–water partition coefficient (Wildman–Crippen LogP) is 2.36. The lowest BCUT2D eigenvalue weighted by Crippen LogP contribution is -2.25. The van der Waals surface area contributed by atoms with E-state index in [1.165, 1.54) is 6.92 Å². The first kappa shape index (κ1) is 17.9. The van der Waals surface area contributed by atoms with Crippen molar-refractivity contribution in [2.75, 3.05) is 33.2 Å². The van der Waals surface area contributed by atoms with Gasteiger partial charge in [-0.15, -0.1) is 0 Å². The normalized spacial score (nSPS) is 11.3. The molecule has 2 aromatic carbocycles. The second kappa shape index (κ2) is 7.17. The molecule has 6 heteroatoms. The number of hydrogen-bond donors (Lipinski definition) is 1. The molecule has 0 aliphatic carbocycles. The number of likely N-dealkylation sites (N-methyl/N-ethyl adjacent to an activating group) is 1. The first-order valence-corrected chi connectivity index (χ1v) is 8.49. The largest absolute Gasteiger partial charge is 0.496 e. The predicted molar refractivity (Wildman–Crippen MR) is 105 cm³/mol. The molecule has 0 saturated heterocycles. The summed E-state index contributed by atoms with van der Waals surface area (Å²) in [5.41, 5.74) is 4.97. The van der Waals surface area contributed by atoms with Gasteiger partial charge in [0.1, 0.15) is 5.75 Å². The smallest absolute Gasteiger partial charge is 0.235 e. The third-order valence-electron chi connectivity index (χ3n) is 4.40. The van der Waals surface area contributed by atoms with Gasteiger partial charge in [-0.05, 0) is 44.8 Å². The minimum atomic E-state index is -0.203. The van der Waals surface area contributed by atoms with E-state index in [1.54, 1.807) is 17.9 Å². The van der Waals surface area contributed by atoms with E-state index in [0.29, 0.717) is 34.0 Å². The van der Waals surface area contributed by atoms with Crippen molar-refractivity contribution in [3.8, 4) is 5.75 Å². The van der Waals surface area contributed by atoms with Gasteiger partial charge in [0, 0.05) is 24.4 Å². The fourth-order valence-corrected chi connectivity index (χ4v) is 3.23. The van der Waals surface area contributed by atoms with E-state index < -0.39 is 0 Å². The molecule has 1 amide bonds. The number of para-hydroxylation sites is 1. The van der Waals surface area contributed by atoms with E-state index in [4.69, 9.17) is 4.74 Å². The van der Waals surface area contributed by atoms with E-state index in [2.05, 4.69) is 10.3 Å². The number of carbonyl (C=O) groups is 1. The maximum atomic E-state index is 13.3. The van der Waals surface area contributed by atoms with Crippen molar-refractivity contribution in [1.82, 2.24) is 9.58 Å². The maximum absolute atomic E-state index is 13.3. The van der Waals surface area contributed by atoms with Gasteiger partial charge in [0.25, 0.3) is 0 Å². The average molecular weight is 353 g/mol. The number of amides is 1. The third-order valence-corrected chi connectivity index (χ3v) is 4.40. The number of nitrogens with zero attached hydrogens (tertiary/aromatic N) is 2. The SMILES string of the molecule is COc1ccc2c(c1CCN(C)C)c(=O)c1ccccc1n2NC(C)=O. The Bertz CT molecular complexity index is 1040. The molecule has 3 aromatic rings. The molecule has 0 atom stereocenters. The molecule has 0 aliphatic rings. The summed E-state index contributed by atoms with van der Waals surface area (Å²) < 4.78 is 7.21. The van der Waals surface area contributed by atoms with Crippen LogP contribution in [-0.2, 0) is 11.2 Å². The summed E-state index contributed by atoms with van der Waals surface area (Å²) in [7, 11) is 5.58. The molecule has 0 radical (unpaired) electrons. The van der Waals surface area contributed by atoms with Crippen molar-refractivity contribution in [1.29, 1.82) is 0 Å². The zero-order valence-electron chi connectivity index (χ0n) is 15.5. The van der Waals surface area contributed by atoms with Crippen LogP contribution in [0.5, 0.6) is 5.75 Å². The molecule has 0 bridgehead atoms. The van der Waals surface area contributed by atoms with Gasteiger partial charge in [-0.1, -0.05) is 12.1 Å². The molecule has 136 valence electrons. The molecule has 0 unspecified atom stereocenters. The van der Waals surface area contributed by atoms with Gasteiger partial charge in [0.05, 0.1) is 23.5 Å². The van der Waals surface area contributed by atoms with Gasteiger partial charge in [-0.25, -0.2) is 0 Å². The van der Waals surface area contributed by atoms with Gasteiger partial charge in [0.2, 0.25) is 5.91 Å². The Morgan fingerprint density at radius 2 is 1.88 bits per heavy atom. The maximum Gasteiger partial charge on any atom is 0.235 e. The molecule has 1 aromatic heterocycles. The highest BCUT2D eigenvalue weighted by Gasteiger charge is 2.18. The van der Waals surface area contributed by atoms with E-state index in [-0.39, 0.29) is 11.3 Å². The van der Waals surface area contributed by atoms with Crippen LogP contribution in [0.1, 0.15) is 12.5 Å². The molecule has 0 fully saturated rings. The van der Waals surface area contributed by atoms with Crippen LogP contribution < -0.4 is 15.6 Å². The Morgan fingerprint density at radius 1 is 1.15 bits per heavy atom. The van der Waals surface area contributed by atoms with Crippen LogP contribution in [0.2, 0.25) is 0 Å². The first-order valence-electron chi connectivity index (χ1n) is 8.49. The fourth-order valence-electron chi connectivity index (χ4n) is 3.23. The van der Waals surface area contributed by atoms with Crippen LogP contribution in [0.15, 0.2) is 41.2 Å². The zero-order chi connectivity index (χ0) is 18.8. The van der Waals surface area contributed by atoms with Crippen molar-refractivity contribution in [2.45, 2.75) is 13.3 Å². The van der Waals surface area contributed by atoms with Crippen molar-refractivity contribution in [2.24, 2.45) is 0 Å². The fraction of sp³-hybridized carbons (Fsp3) is 0.300. The topological polar surface area (TPSA) is 63.6 Å². The summed E-state index contributed by atoms with van der Waals surface area (Å²) in [6, 6.07) is 11.0. The van der Waals surface area contributed by atoms with E-state index >= 15 is 0 Å². The number of methoxy groups -OCH3 is 1. The van der Waals surface area contributed by atoms with Crippen LogP contribution in [0.25, 0.3) is 21.8 Å². The standard InChI is InChI=1S/C20H23N3O3/c1-13(24)21-23-16-8-6-5-7-14(16)20(25)19-15(11-12-22(2)3)18(26-4)10-9-17(19)23/h5-10H,11-12H2,1-4H3,(H,21,24). The van der Waals surface area contributed by atoms with Crippen molar-refractivity contribution < 1.29 is 9.53 Å². The van der Waals surface area contributed by atoms with Crippen LogP contribution in [0, 0.1) is 0 Å². The minimum absolute atomic E-state index is 0.0511. The number of fused-ring (bicyclic) bond motifs is 2. The number of benzene rings is 2. The second-order valence-electron chi connectivity index (χ2n) is 6.54. The molecule has 0 aliphatic heterocycles. The van der Waals surface area contributed by atoms with Crippen LogP contribution in [-0.4, -0.2) is 43.2 Å². The molecule has 3 rings (SSSR count). The molecule has 0 saturated carbocycles. The van der Waals surface area contributed by atoms with E-state index in [9.17, 15) is 9.59 Å². The van der Waals surface area contributed by atoms with Crippen molar-refractivity contribution >= 4 is 27.7 Å². The van der Waals surface area contributed by atoms with Gasteiger partial charge >= 0.3 is 0 Å². The minimum Gasteiger partial charge on any atom is -0.496 e. The van der Waals surface area contributed by atoms with Gasteiger partial charge < -0.3 is 9.64 Å². The number of hydrogen-bond acceptors (Lipinski definition) is 4. The van der Waals surface area contributed by atoms with Gasteiger partial charge in [-0.3, -0.25) is 19.7 Å². The van der Waals surface area contributed by atoms with E-state index in [1.807, 2.05) is 44.4 Å². The Labute approximate surface area is 151 Å². The lowest BCUT2D eigenvalue weighted by Gasteiger charge is -2.19. The Balaban J connectivity index is 2.44. The summed E-state index contributed by atoms with van der Waals surface area (Å²) in [5, 5.41) is 1.15. The number of aromatic nitrogens is 1. The van der Waals surface area contributed by atoms with Crippen molar-refractivity contribution in [3.05, 3.63) is 52.2 Å².